The Kier molecular flexibility index (Phi) is 5.08. The van der Waals surface area contributed by atoms with Gasteiger partial charge in [-0.2, -0.15) is 0 Å². The fourth-order valence-electron chi connectivity index (χ4n) is 2.99. The van der Waals surface area contributed by atoms with Crippen LogP contribution in [0.2, 0.25) is 0 Å². The summed E-state index contributed by atoms with van der Waals surface area (Å²) in [6, 6.07) is 14.2. The van der Waals surface area contributed by atoms with Gasteiger partial charge in [0.05, 0.1) is 24.7 Å². The molecule has 0 atom stereocenters. The van der Waals surface area contributed by atoms with Crippen LogP contribution >= 0.6 is 0 Å². The molecule has 0 unspecified atom stereocenters. The van der Waals surface area contributed by atoms with E-state index in [4.69, 9.17) is 9.47 Å². The Morgan fingerprint density at radius 1 is 0.967 bits per heavy atom. The Hall–Kier alpha value is -4.27. The molecule has 2 aromatic heterocycles. The first-order valence-corrected chi connectivity index (χ1v) is 8.94. The van der Waals surface area contributed by atoms with Crippen molar-refractivity contribution in [2.75, 3.05) is 19.5 Å². The first-order chi connectivity index (χ1) is 14.6. The minimum atomic E-state index is -0.509. The Bertz CT molecular complexity index is 1220. The smallest absolute Gasteiger partial charge is 0.311 e. The van der Waals surface area contributed by atoms with Crippen LogP contribution in [0.5, 0.6) is 11.5 Å². The van der Waals surface area contributed by atoms with Gasteiger partial charge < -0.3 is 14.8 Å². The number of nitrogens with one attached hydrogen (secondary N) is 1. The third-order valence-corrected chi connectivity index (χ3v) is 4.48. The number of pyridine rings is 1. The van der Waals surface area contributed by atoms with E-state index in [-0.39, 0.29) is 17.5 Å². The molecule has 0 fully saturated rings. The molecular weight excluding hydrogens is 386 g/mol. The summed E-state index contributed by atoms with van der Waals surface area (Å²) in [7, 11) is 3.21. The SMILES string of the molecule is COc1cc(OC)cc(-c2ccc3nc(Nc4ncccc4[N+](=O)[O-])ncc3c2)c1. The van der Waals surface area contributed by atoms with Gasteiger partial charge in [-0.05, 0) is 41.5 Å². The number of fused-ring (bicyclic) bond motifs is 1. The zero-order chi connectivity index (χ0) is 21.1. The highest BCUT2D eigenvalue weighted by Crippen LogP contribution is 2.31. The van der Waals surface area contributed by atoms with E-state index in [1.807, 2.05) is 36.4 Å². The number of methoxy groups -OCH3 is 2. The third kappa shape index (κ3) is 3.81. The number of hydrogen-bond donors (Lipinski definition) is 1. The van der Waals surface area contributed by atoms with E-state index < -0.39 is 4.92 Å². The van der Waals surface area contributed by atoms with Crippen molar-refractivity contribution in [3.8, 4) is 22.6 Å². The van der Waals surface area contributed by atoms with E-state index in [0.717, 1.165) is 16.5 Å². The fraction of sp³-hybridized carbons (Fsp3) is 0.0952. The predicted octanol–water partition coefficient (Wildman–Crippen LogP) is 4.36. The van der Waals surface area contributed by atoms with Gasteiger partial charge >= 0.3 is 5.69 Å². The van der Waals surface area contributed by atoms with Gasteiger partial charge in [0.2, 0.25) is 11.8 Å². The van der Waals surface area contributed by atoms with Crippen molar-refractivity contribution in [1.29, 1.82) is 0 Å². The number of aromatic nitrogens is 3. The summed E-state index contributed by atoms with van der Waals surface area (Å²) < 4.78 is 10.7. The van der Waals surface area contributed by atoms with Gasteiger partial charge in [-0.25, -0.2) is 15.0 Å². The normalized spacial score (nSPS) is 10.6. The number of hydrogen-bond acceptors (Lipinski definition) is 8. The topological polar surface area (TPSA) is 112 Å². The minimum absolute atomic E-state index is 0.0851. The maximum atomic E-state index is 11.2. The van der Waals surface area contributed by atoms with Gasteiger partial charge in [0, 0.05) is 29.9 Å². The van der Waals surface area contributed by atoms with Gasteiger partial charge in [0.15, 0.2) is 0 Å². The summed E-state index contributed by atoms with van der Waals surface area (Å²) in [5.41, 5.74) is 2.41. The molecule has 0 radical (unpaired) electrons. The average Bonchev–Trinajstić information content (AvgIpc) is 2.78. The Morgan fingerprint density at radius 3 is 2.43 bits per heavy atom. The molecule has 0 spiro atoms. The molecule has 1 N–H and O–H groups in total. The molecule has 30 heavy (non-hydrogen) atoms. The molecule has 9 heteroatoms. The standard InChI is InChI=1S/C21H17N5O4/c1-29-16-9-14(10-17(11-16)30-2)13-5-6-18-15(8-13)12-23-21(24-18)25-20-19(26(27)28)4-3-7-22-20/h3-12H,1-2H3,(H,22,23,24,25). The minimum Gasteiger partial charge on any atom is -0.497 e. The van der Waals surface area contributed by atoms with Crippen molar-refractivity contribution >= 4 is 28.4 Å². The second-order valence-electron chi connectivity index (χ2n) is 6.32. The lowest BCUT2D eigenvalue weighted by atomic mass is 10.0. The summed E-state index contributed by atoms with van der Waals surface area (Å²) in [5.74, 6) is 1.69. The van der Waals surface area contributed by atoms with Crippen LogP contribution in [-0.2, 0) is 0 Å². The average molecular weight is 403 g/mol. The molecule has 0 saturated heterocycles. The first kappa shape index (κ1) is 19.1. The van der Waals surface area contributed by atoms with Gasteiger partial charge in [-0.1, -0.05) is 6.07 Å². The maximum Gasteiger partial charge on any atom is 0.311 e. The molecule has 9 nitrogen and oxygen atoms in total. The van der Waals surface area contributed by atoms with Gasteiger partial charge in [0.25, 0.3) is 0 Å². The molecule has 2 aromatic carbocycles. The number of ether oxygens (including phenoxy) is 2. The Balaban J connectivity index is 1.68. The lowest BCUT2D eigenvalue weighted by Crippen LogP contribution is -2.02. The van der Waals surface area contributed by atoms with Crippen LogP contribution in [0.15, 0.2) is 60.9 Å². The highest BCUT2D eigenvalue weighted by atomic mass is 16.6. The summed E-state index contributed by atoms with van der Waals surface area (Å²) in [4.78, 5) is 23.4. The molecule has 0 aliphatic rings. The molecule has 150 valence electrons. The molecule has 0 saturated carbocycles. The van der Waals surface area contributed by atoms with Crippen LogP contribution in [0, 0.1) is 10.1 Å². The number of benzene rings is 2. The van der Waals surface area contributed by atoms with Crippen LogP contribution in [-0.4, -0.2) is 34.1 Å². The molecule has 0 bridgehead atoms. The van der Waals surface area contributed by atoms with Gasteiger partial charge in [-0.15, -0.1) is 0 Å². The predicted molar refractivity (Wildman–Crippen MR) is 112 cm³/mol. The first-order valence-electron chi connectivity index (χ1n) is 8.94. The van der Waals surface area contributed by atoms with Crippen molar-refractivity contribution in [1.82, 2.24) is 15.0 Å². The lowest BCUT2D eigenvalue weighted by molar-refractivity contribution is -0.384. The van der Waals surface area contributed by atoms with Crippen molar-refractivity contribution < 1.29 is 14.4 Å². The van der Waals surface area contributed by atoms with Crippen molar-refractivity contribution in [3.05, 3.63) is 71.0 Å². The molecular formula is C21H17N5O4. The summed E-state index contributed by atoms with van der Waals surface area (Å²) in [5, 5.41) is 14.8. The van der Waals surface area contributed by atoms with Gasteiger partial charge in [0.1, 0.15) is 11.5 Å². The van der Waals surface area contributed by atoms with Crippen LogP contribution in [0.25, 0.3) is 22.0 Å². The van der Waals surface area contributed by atoms with E-state index in [1.54, 1.807) is 20.4 Å². The maximum absolute atomic E-state index is 11.2. The monoisotopic (exact) mass is 403 g/mol. The summed E-state index contributed by atoms with van der Waals surface area (Å²) in [6.07, 6.45) is 3.12. The zero-order valence-electron chi connectivity index (χ0n) is 16.2. The zero-order valence-corrected chi connectivity index (χ0v) is 16.2. The van der Waals surface area contributed by atoms with Crippen LogP contribution in [0.3, 0.4) is 0 Å². The third-order valence-electron chi connectivity index (χ3n) is 4.48. The van der Waals surface area contributed by atoms with Crippen molar-refractivity contribution in [3.63, 3.8) is 0 Å². The van der Waals surface area contributed by atoms with Crippen molar-refractivity contribution in [2.24, 2.45) is 0 Å². The highest BCUT2D eigenvalue weighted by molar-refractivity contribution is 5.85. The molecule has 4 rings (SSSR count). The second kappa shape index (κ2) is 8.00. The van der Waals surface area contributed by atoms with E-state index >= 15 is 0 Å². The Labute approximate surface area is 171 Å². The van der Waals surface area contributed by atoms with Gasteiger partial charge in [-0.3, -0.25) is 10.1 Å². The van der Waals surface area contributed by atoms with Crippen molar-refractivity contribution in [2.45, 2.75) is 0 Å². The molecule has 0 amide bonds. The van der Waals surface area contributed by atoms with E-state index in [2.05, 4.69) is 20.3 Å². The number of anilines is 2. The van der Waals surface area contributed by atoms with Crippen LogP contribution in [0.4, 0.5) is 17.5 Å². The van der Waals surface area contributed by atoms with Crippen LogP contribution < -0.4 is 14.8 Å². The van der Waals surface area contributed by atoms with E-state index in [0.29, 0.717) is 17.0 Å². The summed E-state index contributed by atoms with van der Waals surface area (Å²) in [6.45, 7) is 0. The molecule has 0 aliphatic carbocycles. The Morgan fingerprint density at radius 2 is 1.73 bits per heavy atom. The number of nitro groups is 1. The van der Waals surface area contributed by atoms with Crippen LogP contribution in [0.1, 0.15) is 0 Å². The molecule has 4 aromatic rings. The largest absolute Gasteiger partial charge is 0.497 e. The fourth-order valence-corrected chi connectivity index (χ4v) is 2.99. The second-order valence-corrected chi connectivity index (χ2v) is 6.32. The lowest BCUT2D eigenvalue weighted by Gasteiger charge is -2.10. The highest BCUT2D eigenvalue weighted by Gasteiger charge is 2.15. The molecule has 2 heterocycles. The molecule has 0 aliphatic heterocycles. The van der Waals surface area contributed by atoms with E-state index in [9.17, 15) is 10.1 Å². The quantitative estimate of drug-likeness (QED) is 0.373. The summed E-state index contributed by atoms with van der Waals surface area (Å²) >= 11 is 0. The van der Waals surface area contributed by atoms with E-state index in [1.165, 1.54) is 18.3 Å². The number of rotatable bonds is 6. The number of nitrogens with zero attached hydrogens (tertiary/aromatic N) is 4.